The van der Waals surface area contributed by atoms with Crippen molar-refractivity contribution in [3.8, 4) is 0 Å². The van der Waals surface area contributed by atoms with Crippen LogP contribution in [-0.4, -0.2) is 61.7 Å². The van der Waals surface area contributed by atoms with Crippen LogP contribution in [0.25, 0.3) is 0 Å². The molecule has 178 valence electrons. The largest absolute Gasteiger partial charge is 0.356 e. The Balaban J connectivity index is 1.79. The number of carbonyl (C=O) groups excluding carboxylic acids is 2. The highest BCUT2D eigenvalue weighted by Gasteiger charge is 2.34. The second-order valence-corrected chi connectivity index (χ2v) is 10.7. The molecule has 0 saturated carbocycles. The summed E-state index contributed by atoms with van der Waals surface area (Å²) >= 11 is 0. The van der Waals surface area contributed by atoms with Gasteiger partial charge in [0.2, 0.25) is 15.9 Å². The fourth-order valence-corrected chi connectivity index (χ4v) is 5.99. The fraction of sp³-hybridized carbons (Fsp3) is 0.652. The molecule has 1 aromatic carbocycles. The second kappa shape index (κ2) is 10.7. The van der Waals surface area contributed by atoms with Gasteiger partial charge in [-0.25, -0.2) is 12.8 Å². The quantitative estimate of drug-likeness (QED) is 0.624. The molecule has 2 heterocycles. The van der Waals surface area contributed by atoms with Crippen molar-refractivity contribution in [3.63, 3.8) is 0 Å². The lowest BCUT2D eigenvalue weighted by atomic mass is 9.92. The molecular formula is C23H34FN3O4S. The van der Waals surface area contributed by atoms with Crippen molar-refractivity contribution in [2.24, 2.45) is 5.92 Å². The summed E-state index contributed by atoms with van der Waals surface area (Å²) in [6.45, 7) is 5.57. The van der Waals surface area contributed by atoms with Gasteiger partial charge in [0.15, 0.2) is 0 Å². The van der Waals surface area contributed by atoms with Crippen LogP contribution >= 0.6 is 0 Å². The van der Waals surface area contributed by atoms with Crippen molar-refractivity contribution >= 4 is 21.8 Å². The number of likely N-dealkylation sites (tertiary alicyclic amines) is 1. The van der Waals surface area contributed by atoms with Gasteiger partial charge in [-0.1, -0.05) is 19.8 Å². The predicted octanol–water partition coefficient (Wildman–Crippen LogP) is 3.16. The number of hydrogen-bond donors (Lipinski definition) is 1. The van der Waals surface area contributed by atoms with E-state index in [1.54, 1.807) is 4.90 Å². The Morgan fingerprint density at radius 1 is 1.16 bits per heavy atom. The Morgan fingerprint density at radius 2 is 1.88 bits per heavy atom. The maximum atomic E-state index is 14.5. The molecule has 2 atom stereocenters. The van der Waals surface area contributed by atoms with Gasteiger partial charge in [0, 0.05) is 37.8 Å². The lowest BCUT2D eigenvalue weighted by molar-refractivity contribution is -0.126. The minimum Gasteiger partial charge on any atom is -0.356 e. The summed E-state index contributed by atoms with van der Waals surface area (Å²) in [5.41, 5.74) is 0.126. The summed E-state index contributed by atoms with van der Waals surface area (Å²) in [6, 6.07) is 3.44. The van der Waals surface area contributed by atoms with Gasteiger partial charge in [-0.15, -0.1) is 0 Å². The van der Waals surface area contributed by atoms with E-state index in [1.807, 2.05) is 6.92 Å². The Kier molecular flexibility index (Phi) is 8.27. The number of halogens is 1. The van der Waals surface area contributed by atoms with Crippen molar-refractivity contribution in [3.05, 3.63) is 29.6 Å². The fourth-order valence-electron chi connectivity index (χ4n) is 4.38. The number of hydrogen-bond acceptors (Lipinski definition) is 4. The number of carbonyl (C=O) groups is 2. The minimum absolute atomic E-state index is 0.0596. The number of benzene rings is 1. The van der Waals surface area contributed by atoms with Gasteiger partial charge in [-0.3, -0.25) is 9.59 Å². The number of sulfonamides is 1. The molecule has 0 aliphatic carbocycles. The lowest BCUT2D eigenvalue weighted by Gasteiger charge is -2.37. The Morgan fingerprint density at radius 3 is 2.56 bits per heavy atom. The van der Waals surface area contributed by atoms with Gasteiger partial charge in [-0.05, 0) is 57.2 Å². The van der Waals surface area contributed by atoms with Crippen LogP contribution < -0.4 is 5.32 Å². The van der Waals surface area contributed by atoms with E-state index in [2.05, 4.69) is 12.2 Å². The molecule has 2 amide bonds. The van der Waals surface area contributed by atoms with Gasteiger partial charge in [0.25, 0.3) is 5.91 Å². The van der Waals surface area contributed by atoms with Crippen molar-refractivity contribution in [1.82, 2.24) is 14.5 Å². The SMILES string of the molecule is CCCCNC(=O)C1CCC(C)N(C(=O)c2ccc(F)c(S(=O)(=O)N3CCCCC3)c2)C1. The number of amides is 2. The zero-order valence-corrected chi connectivity index (χ0v) is 19.8. The van der Waals surface area contributed by atoms with Crippen LogP contribution in [-0.2, 0) is 14.8 Å². The van der Waals surface area contributed by atoms with Crippen LogP contribution in [0.1, 0.15) is 69.2 Å². The van der Waals surface area contributed by atoms with E-state index in [9.17, 15) is 22.4 Å². The molecular weight excluding hydrogens is 433 g/mol. The van der Waals surface area contributed by atoms with E-state index in [-0.39, 0.29) is 35.9 Å². The molecule has 1 N–H and O–H groups in total. The van der Waals surface area contributed by atoms with Crippen molar-refractivity contribution < 1.29 is 22.4 Å². The molecule has 2 saturated heterocycles. The number of unbranched alkanes of at least 4 members (excludes halogenated alkanes) is 1. The van der Waals surface area contributed by atoms with Crippen LogP contribution in [0.4, 0.5) is 4.39 Å². The highest BCUT2D eigenvalue weighted by atomic mass is 32.2. The standard InChI is InChI=1S/C23H34FN3O4S/c1-3-4-12-25-22(28)19-9-8-17(2)27(16-19)23(29)18-10-11-20(24)21(15-18)32(30,31)26-13-6-5-7-14-26/h10-11,15,17,19H,3-9,12-14,16H2,1-2H3,(H,25,28). The maximum Gasteiger partial charge on any atom is 0.254 e. The Bertz CT molecular complexity index is 931. The topological polar surface area (TPSA) is 86.8 Å². The predicted molar refractivity (Wildman–Crippen MR) is 120 cm³/mol. The third-order valence-corrected chi connectivity index (χ3v) is 8.37. The summed E-state index contributed by atoms with van der Waals surface area (Å²) in [7, 11) is -4.01. The molecule has 1 aromatic rings. The summed E-state index contributed by atoms with van der Waals surface area (Å²) < 4.78 is 41.8. The Hall–Kier alpha value is -2.00. The van der Waals surface area contributed by atoms with Crippen molar-refractivity contribution in [1.29, 1.82) is 0 Å². The highest BCUT2D eigenvalue weighted by Crippen LogP contribution is 2.27. The summed E-state index contributed by atoms with van der Waals surface area (Å²) in [5.74, 6) is -1.59. The molecule has 7 nitrogen and oxygen atoms in total. The van der Waals surface area contributed by atoms with Gasteiger partial charge < -0.3 is 10.2 Å². The van der Waals surface area contributed by atoms with E-state index in [0.29, 0.717) is 32.5 Å². The van der Waals surface area contributed by atoms with Gasteiger partial charge >= 0.3 is 0 Å². The molecule has 0 aromatic heterocycles. The minimum atomic E-state index is -4.01. The smallest absolute Gasteiger partial charge is 0.254 e. The molecule has 0 spiro atoms. The van der Waals surface area contributed by atoms with Gasteiger partial charge in [0.05, 0.1) is 5.92 Å². The molecule has 2 aliphatic rings. The molecule has 9 heteroatoms. The third kappa shape index (κ3) is 5.49. The monoisotopic (exact) mass is 467 g/mol. The first kappa shape index (κ1) is 24.6. The number of rotatable bonds is 7. The third-order valence-electron chi connectivity index (χ3n) is 6.45. The first-order valence-corrected chi connectivity index (χ1v) is 13.1. The van der Waals surface area contributed by atoms with Crippen LogP contribution in [0, 0.1) is 11.7 Å². The van der Waals surface area contributed by atoms with Crippen LogP contribution in [0.15, 0.2) is 23.1 Å². The van der Waals surface area contributed by atoms with E-state index in [1.165, 1.54) is 10.4 Å². The maximum absolute atomic E-state index is 14.5. The molecule has 2 unspecified atom stereocenters. The molecule has 3 rings (SSSR count). The second-order valence-electron chi connectivity index (χ2n) is 8.84. The van der Waals surface area contributed by atoms with Crippen LogP contribution in [0.3, 0.4) is 0 Å². The van der Waals surface area contributed by atoms with Gasteiger partial charge in [-0.2, -0.15) is 4.31 Å². The van der Waals surface area contributed by atoms with E-state index >= 15 is 0 Å². The number of nitrogens with zero attached hydrogens (tertiary/aromatic N) is 2. The molecule has 32 heavy (non-hydrogen) atoms. The van der Waals surface area contributed by atoms with Gasteiger partial charge in [0.1, 0.15) is 10.7 Å². The summed E-state index contributed by atoms with van der Waals surface area (Å²) in [6.07, 6.45) is 5.70. The number of nitrogens with one attached hydrogen (secondary N) is 1. The van der Waals surface area contributed by atoms with Crippen molar-refractivity contribution in [2.75, 3.05) is 26.2 Å². The summed E-state index contributed by atoms with van der Waals surface area (Å²) in [4.78, 5) is 26.9. The zero-order valence-electron chi connectivity index (χ0n) is 19.0. The van der Waals surface area contributed by atoms with Crippen molar-refractivity contribution in [2.45, 2.75) is 69.7 Å². The van der Waals surface area contributed by atoms with E-state index in [0.717, 1.165) is 44.2 Å². The van der Waals surface area contributed by atoms with E-state index in [4.69, 9.17) is 0 Å². The average Bonchev–Trinajstić information content (AvgIpc) is 2.79. The average molecular weight is 468 g/mol. The molecule has 2 fully saturated rings. The zero-order chi connectivity index (χ0) is 23.3. The molecule has 2 aliphatic heterocycles. The first-order chi connectivity index (χ1) is 15.3. The van der Waals surface area contributed by atoms with Crippen LogP contribution in [0.2, 0.25) is 0 Å². The molecule has 0 bridgehead atoms. The highest BCUT2D eigenvalue weighted by molar-refractivity contribution is 7.89. The normalized spacial score (nSPS) is 22.5. The first-order valence-electron chi connectivity index (χ1n) is 11.6. The van der Waals surface area contributed by atoms with Crippen LogP contribution in [0.5, 0.6) is 0 Å². The lowest BCUT2D eigenvalue weighted by Crippen LogP contribution is -2.49. The number of piperidine rings is 2. The molecule has 0 radical (unpaired) electrons. The summed E-state index contributed by atoms with van der Waals surface area (Å²) in [5, 5.41) is 2.93. The van der Waals surface area contributed by atoms with E-state index < -0.39 is 20.7 Å². The Labute approximate surface area is 190 Å².